The van der Waals surface area contributed by atoms with Crippen molar-refractivity contribution < 1.29 is 0 Å². The Bertz CT molecular complexity index is 486. The largest absolute Gasteiger partial charge is 0.379 e. The standard InChI is InChI=1S/C13H17N3/c1-10-5-4-6-13(11(10)2)14-9-12-7-8-15-16(12)3/h4-8,14H,9H2,1-3H3. The number of nitrogens with one attached hydrogen (secondary N) is 1. The van der Waals surface area contributed by atoms with Gasteiger partial charge in [-0.3, -0.25) is 4.68 Å². The van der Waals surface area contributed by atoms with Crippen LogP contribution in [0.15, 0.2) is 30.5 Å². The van der Waals surface area contributed by atoms with Crippen LogP contribution in [0.2, 0.25) is 0 Å². The molecule has 0 radical (unpaired) electrons. The van der Waals surface area contributed by atoms with Gasteiger partial charge in [0.25, 0.3) is 0 Å². The highest BCUT2D eigenvalue weighted by atomic mass is 15.3. The molecule has 0 aliphatic rings. The second kappa shape index (κ2) is 4.39. The Labute approximate surface area is 96.1 Å². The van der Waals surface area contributed by atoms with Gasteiger partial charge in [0.1, 0.15) is 0 Å². The lowest BCUT2D eigenvalue weighted by Gasteiger charge is -2.11. The van der Waals surface area contributed by atoms with E-state index in [0.29, 0.717) is 0 Å². The molecule has 3 heteroatoms. The summed E-state index contributed by atoms with van der Waals surface area (Å²) in [5.74, 6) is 0. The van der Waals surface area contributed by atoms with Gasteiger partial charge in [-0.15, -0.1) is 0 Å². The van der Waals surface area contributed by atoms with E-state index in [1.165, 1.54) is 22.5 Å². The normalized spacial score (nSPS) is 10.4. The number of aromatic nitrogens is 2. The fraction of sp³-hybridized carbons (Fsp3) is 0.308. The average Bonchev–Trinajstić information content (AvgIpc) is 2.67. The quantitative estimate of drug-likeness (QED) is 0.853. The van der Waals surface area contributed by atoms with Crippen molar-refractivity contribution in [3.8, 4) is 0 Å². The van der Waals surface area contributed by atoms with Gasteiger partial charge in [0, 0.05) is 18.9 Å². The van der Waals surface area contributed by atoms with Gasteiger partial charge in [0.15, 0.2) is 0 Å². The third-order valence-electron chi connectivity index (χ3n) is 2.99. The Morgan fingerprint density at radius 1 is 1.25 bits per heavy atom. The molecule has 0 unspecified atom stereocenters. The van der Waals surface area contributed by atoms with Gasteiger partial charge in [-0.1, -0.05) is 12.1 Å². The maximum Gasteiger partial charge on any atom is 0.0571 e. The zero-order valence-electron chi connectivity index (χ0n) is 9.99. The van der Waals surface area contributed by atoms with Gasteiger partial charge < -0.3 is 5.32 Å². The van der Waals surface area contributed by atoms with Crippen LogP contribution in [0.25, 0.3) is 0 Å². The Hall–Kier alpha value is -1.77. The number of anilines is 1. The highest BCUT2D eigenvalue weighted by Crippen LogP contribution is 2.18. The first-order valence-electron chi connectivity index (χ1n) is 5.45. The monoisotopic (exact) mass is 215 g/mol. The molecule has 0 atom stereocenters. The fourth-order valence-electron chi connectivity index (χ4n) is 1.70. The summed E-state index contributed by atoms with van der Waals surface area (Å²) in [6.07, 6.45) is 1.82. The van der Waals surface area contributed by atoms with Crippen LogP contribution in [-0.4, -0.2) is 9.78 Å². The van der Waals surface area contributed by atoms with Gasteiger partial charge in [-0.2, -0.15) is 5.10 Å². The molecule has 0 bridgehead atoms. The topological polar surface area (TPSA) is 29.9 Å². The van der Waals surface area contributed by atoms with Crippen molar-refractivity contribution in [2.75, 3.05) is 5.32 Å². The van der Waals surface area contributed by atoms with E-state index in [1.807, 2.05) is 24.0 Å². The van der Waals surface area contributed by atoms with Crippen molar-refractivity contribution >= 4 is 5.69 Å². The molecule has 0 amide bonds. The van der Waals surface area contributed by atoms with Crippen LogP contribution in [0.4, 0.5) is 5.69 Å². The minimum atomic E-state index is 0.806. The lowest BCUT2D eigenvalue weighted by atomic mass is 10.1. The number of rotatable bonds is 3. The SMILES string of the molecule is Cc1cccc(NCc2ccnn2C)c1C. The molecule has 0 aliphatic heterocycles. The third kappa shape index (κ3) is 2.08. The molecule has 1 N–H and O–H groups in total. The van der Waals surface area contributed by atoms with E-state index in [4.69, 9.17) is 0 Å². The first-order chi connectivity index (χ1) is 7.68. The van der Waals surface area contributed by atoms with Gasteiger partial charge >= 0.3 is 0 Å². The lowest BCUT2D eigenvalue weighted by Crippen LogP contribution is -2.06. The second-order valence-electron chi connectivity index (χ2n) is 4.05. The van der Waals surface area contributed by atoms with E-state index in [1.54, 1.807) is 0 Å². The van der Waals surface area contributed by atoms with Gasteiger partial charge in [0.05, 0.1) is 12.2 Å². The van der Waals surface area contributed by atoms with Crippen LogP contribution in [0.1, 0.15) is 16.8 Å². The van der Waals surface area contributed by atoms with Gasteiger partial charge in [0.2, 0.25) is 0 Å². The van der Waals surface area contributed by atoms with Gasteiger partial charge in [-0.25, -0.2) is 0 Å². The molecule has 0 saturated heterocycles. The van der Waals surface area contributed by atoms with E-state index < -0.39 is 0 Å². The average molecular weight is 215 g/mol. The second-order valence-corrected chi connectivity index (χ2v) is 4.05. The molecule has 1 aromatic carbocycles. The highest BCUT2D eigenvalue weighted by Gasteiger charge is 2.01. The van der Waals surface area contributed by atoms with E-state index in [-0.39, 0.29) is 0 Å². The Kier molecular flexibility index (Phi) is 2.95. The van der Waals surface area contributed by atoms with Crippen LogP contribution >= 0.6 is 0 Å². The minimum Gasteiger partial charge on any atom is -0.379 e. The van der Waals surface area contributed by atoms with Gasteiger partial charge in [-0.05, 0) is 37.1 Å². The maximum absolute atomic E-state index is 4.15. The summed E-state index contributed by atoms with van der Waals surface area (Å²) >= 11 is 0. The lowest BCUT2D eigenvalue weighted by molar-refractivity contribution is 0.720. The smallest absolute Gasteiger partial charge is 0.0571 e. The molecule has 0 saturated carbocycles. The van der Waals surface area contributed by atoms with E-state index in [0.717, 1.165) is 6.54 Å². The number of benzene rings is 1. The molecule has 16 heavy (non-hydrogen) atoms. The van der Waals surface area contributed by atoms with Crippen LogP contribution in [0.3, 0.4) is 0 Å². The summed E-state index contributed by atoms with van der Waals surface area (Å²) in [5.41, 5.74) is 5.00. The molecular weight excluding hydrogens is 198 g/mol. The summed E-state index contributed by atoms with van der Waals surface area (Å²) < 4.78 is 1.89. The summed E-state index contributed by atoms with van der Waals surface area (Å²) in [5, 5.41) is 7.58. The van der Waals surface area contributed by atoms with Crippen molar-refractivity contribution in [1.82, 2.24) is 9.78 Å². The number of aryl methyl sites for hydroxylation is 2. The number of hydrogen-bond donors (Lipinski definition) is 1. The molecule has 2 aromatic rings. The zero-order chi connectivity index (χ0) is 11.5. The molecule has 1 heterocycles. The summed E-state index contributed by atoms with van der Waals surface area (Å²) in [6.45, 7) is 5.08. The van der Waals surface area contributed by atoms with E-state index >= 15 is 0 Å². The van der Waals surface area contributed by atoms with Crippen molar-refractivity contribution in [1.29, 1.82) is 0 Å². The van der Waals surface area contributed by atoms with Crippen LogP contribution in [0.5, 0.6) is 0 Å². The maximum atomic E-state index is 4.15. The summed E-state index contributed by atoms with van der Waals surface area (Å²) in [7, 11) is 1.96. The number of hydrogen-bond acceptors (Lipinski definition) is 2. The fourth-order valence-corrected chi connectivity index (χ4v) is 1.70. The summed E-state index contributed by atoms with van der Waals surface area (Å²) in [4.78, 5) is 0. The Balaban J connectivity index is 2.11. The van der Waals surface area contributed by atoms with E-state index in [2.05, 4.69) is 42.5 Å². The number of nitrogens with zero attached hydrogens (tertiary/aromatic N) is 2. The molecule has 3 nitrogen and oxygen atoms in total. The summed E-state index contributed by atoms with van der Waals surface area (Å²) in [6, 6.07) is 8.34. The predicted molar refractivity (Wildman–Crippen MR) is 66.5 cm³/mol. The molecule has 2 rings (SSSR count). The molecule has 0 spiro atoms. The highest BCUT2D eigenvalue weighted by molar-refractivity contribution is 5.53. The zero-order valence-corrected chi connectivity index (χ0v) is 9.99. The third-order valence-corrected chi connectivity index (χ3v) is 2.99. The van der Waals surface area contributed by atoms with Crippen molar-refractivity contribution in [3.05, 3.63) is 47.3 Å². The molecule has 0 aliphatic carbocycles. The van der Waals surface area contributed by atoms with Crippen LogP contribution in [-0.2, 0) is 13.6 Å². The first kappa shape index (κ1) is 10.7. The van der Waals surface area contributed by atoms with Crippen LogP contribution < -0.4 is 5.32 Å². The van der Waals surface area contributed by atoms with Crippen molar-refractivity contribution in [2.45, 2.75) is 20.4 Å². The van der Waals surface area contributed by atoms with E-state index in [9.17, 15) is 0 Å². The molecule has 84 valence electrons. The van der Waals surface area contributed by atoms with Crippen LogP contribution in [0, 0.1) is 13.8 Å². The minimum absolute atomic E-state index is 0.806. The predicted octanol–water partition coefficient (Wildman–Crippen LogP) is 2.65. The Morgan fingerprint density at radius 2 is 2.06 bits per heavy atom. The first-order valence-corrected chi connectivity index (χ1v) is 5.45. The molecular formula is C13H17N3. The van der Waals surface area contributed by atoms with Crippen molar-refractivity contribution in [2.24, 2.45) is 7.05 Å². The molecule has 1 aromatic heterocycles. The van der Waals surface area contributed by atoms with Crippen molar-refractivity contribution in [3.63, 3.8) is 0 Å². The molecule has 0 fully saturated rings. The Morgan fingerprint density at radius 3 is 2.75 bits per heavy atom.